The molecular formula is C12H12ClFN2O5. The van der Waals surface area contributed by atoms with Crippen molar-refractivity contribution in [1.82, 2.24) is 0 Å². The van der Waals surface area contributed by atoms with Crippen molar-refractivity contribution in [2.45, 2.75) is 12.5 Å². The van der Waals surface area contributed by atoms with Crippen LogP contribution in [-0.2, 0) is 9.53 Å². The van der Waals surface area contributed by atoms with Crippen LogP contribution in [0, 0.1) is 15.9 Å². The number of ether oxygens (including phenoxy) is 1. The van der Waals surface area contributed by atoms with E-state index in [1.54, 1.807) is 11.8 Å². The Labute approximate surface area is 124 Å². The van der Waals surface area contributed by atoms with Crippen molar-refractivity contribution < 1.29 is 24.0 Å². The van der Waals surface area contributed by atoms with Gasteiger partial charge in [0, 0.05) is 13.1 Å². The minimum absolute atomic E-state index is 0.183. The van der Waals surface area contributed by atoms with Crippen LogP contribution in [0.2, 0.25) is 5.02 Å². The topological polar surface area (TPSA) is 92.9 Å². The fourth-order valence-corrected chi connectivity index (χ4v) is 2.34. The van der Waals surface area contributed by atoms with E-state index in [0.717, 1.165) is 6.07 Å². The van der Waals surface area contributed by atoms with Crippen molar-refractivity contribution in [3.63, 3.8) is 0 Å². The third-order valence-electron chi connectivity index (χ3n) is 3.15. The molecule has 1 N–H and O–H groups in total. The van der Waals surface area contributed by atoms with E-state index in [4.69, 9.17) is 21.4 Å². The Morgan fingerprint density at radius 3 is 2.76 bits per heavy atom. The molecule has 1 aromatic carbocycles. The molecule has 21 heavy (non-hydrogen) atoms. The van der Waals surface area contributed by atoms with Gasteiger partial charge in [-0.05, 0) is 13.0 Å². The van der Waals surface area contributed by atoms with Crippen molar-refractivity contribution in [2.24, 2.45) is 0 Å². The van der Waals surface area contributed by atoms with Gasteiger partial charge in [-0.15, -0.1) is 0 Å². The number of nitrogens with zero attached hydrogens (tertiary/aromatic N) is 2. The highest BCUT2D eigenvalue weighted by molar-refractivity contribution is 6.31. The lowest BCUT2D eigenvalue weighted by molar-refractivity contribution is -0.384. The van der Waals surface area contributed by atoms with Crippen LogP contribution < -0.4 is 4.90 Å². The molecule has 0 aliphatic carbocycles. The van der Waals surface area contributed by atoms with Crippen LogP contribution in [0.25, 0.3) is 0 Å². The number of carboxylic acid groups (broad SMARTS) is 1. The van der Waals surface area contributed by atoms with E-state index in [0.29, 0.717) is 0 Å². The summed E-state index contributed by atoms with van der Waals surface area (Å²) in [5.41, 5.74) is -0.924. The van der Waals surface area contributed by atoms with Gasteiger partial charge in [0.2, 0.25) is 0 Å². The molecule has 1 heterocycles. The second-order valence-electron chi connectivity index (χ2n) is 5.00. The average molecular weight is 319 g/mol. The number of anilines is 1. The van der Waals surface area contributed by atoms with Crippen molar-refractivity contribution in [3.8, 4) is 0 Å². The van der Waals surface area contributed by atoms with Gasteiger partial charge in [0.1, 0.15) is 23.7 Å². The molecule has 0 saturated carbocycles. The van der Waals surface area contributed by atoms with Gasteiger partial charge >= 0.3 is 5.97 Å². The average Bonchev–Trinajstić information content (AvgIpc) is 2.35. The molecule has 1 aliphatic heterocycles. The molecule has 7 nitrogen and oxygen atoms in total. The molecule has 0 bridgehead atoms. The summed E-state index contributed by atoms with van der Waals surface area (Å²) in [4.78, 5) is 22.3. The highest BCUT2D eigenvalue weighted by Gasteiger charge is 2.42. The van der Waals surface area contributed by atoms with Gasteiger partial charge < -0.3 is 14.7 Å². The smallest absolute Gasteiger partial charge is 0.329 e. The summed E-state index contributed by atoms with van der Waals surface area (Å²) in [6.07, 6.45) is 0. The molecular weight excluding hydrogens is 307 g/mol. The molecule has 0 radical (unpaired) electrons. The molecule has 2 rings (SSSR count). The van der Waals surface area contributed by atoms with Gasteiger partial charge in [-0.2, -0.15) is 0 Å². The molecule has 9 heteroatoms. The van der Waals surface area contributed by atoms with E-state index in [1.807, 2.05) is 0 Å². The molecule has 1 aliphatic rings. The zero-order valence-electron chi connectivity index (χ0n) is 11.0. The van der Waals surface area contributed by atoms with Crippen LogP contribution in [0.4, 0.5) is 15.8 Å². The SMILES string of the molecule is CC1(OCC(=O)O)CN(c2cc(Cl)c(F)cc2[N+](=O)[O-])C1. The molecule has 0 amide bonds. The number of hydrogen-bond donors (Lipinski definition) is 1. The molecule has 0 atom stereocenters. The minimum Gasteiger partial charge on any atom is -0.480 e. The van der Waals surface area contributed by atoms with Crippen LogP contribution in [0.15, 0.2) is 12.1 Å². The standard InChI is InChI=1S/C12H12ClFN2O5/c1-12(21-4-11(17)18)5-15(6-12)9-2-7(13)8(14)3-10(9)16(19)20/h2-3H,4-6H2,1H3,(H,17,18). The highest BCUT2D eigenvalue weighted by Crippen LogP contribution is 2.38. The maximum atomic E-state index is 13.3. The van der Waals surface area contributed by atoms with Gasteiger partial charge in [0.25, 0.3) is 5.69 Å². The first kappa shape index (κ1) is 15.5. The van der Waals surface area contributed by atoms with Gasteiger partial charge in [0.15, 0.2) is 0 Å². The summed E-state index contributed by atoms with van der Waals surface area (Å²) < 4.78 is 18.5. The summed E-state index contributed by atoms with van der Waals surface area (Å²) >= 11 is 5.66. The summed E-state index contributed by atoms with van der Waals surface area (Å²) in [5, 5.41) is 19.3. The molecule has 0 unspecified atom stereocenters. The Morgan fingerprint density at radius 1 is 1.62 bits per heavy atom. The minimum atomic E-state index is -1.09. The van der Waals surface area contributed by atoms with E-state index in [-0.39, 0.29) is 23.8 Å². The number of rotatable bonds is 5. The van der Waals surface area contributed by atoms with E-state index in [1.165, 1.54) is 6.07 Å². The van der Waals surface area contributed by atoms with E-state index >= 15 is 0 Å². The first-order valence-electron chi connectivity index (χ1n) is 5.96. The Bertz CT molecular complexity index is 604. The van der Waals surface area contributed by atoms with Crippen LogP contribution >= 0.6 is 11.6 Å². The summed E-state index contributed by atoms with van der Waals surface area (Å²) in [7, 11) is 0. The van der Waals surface area contributed by atoms with Crippen molar-refractivity contribution >= 4 is 28.9 Å². The predicted molar refractivity (Wildman–Crippen MR) is 72.3 cm³/mol. The van der Waals surface area contributed by atoms with Gasteiger partial charge in [-0.3, -0.25) is 10.1 Å². The van der Waals surface area contributed by atoms with E-state index in [2.05, 4.69) is 0 Å². The molecule has 1 fully saturated rings. The Morgan fingerprint density at radius 2 is 2.24 bits per heavy atom. The van der Waals surface area contributed by atoms with Crippen LogP contribution in [-0.4, -0.2) is 41.3 Å². The molecule has 0 spiro atoms. The number of carbonyl (C=O) groups is 1. The number of halogens is 2. The second kappa shape index (κ2) is 5.45. The molecule has 0 aromatic heterocycles. The fourth-order valence-electron chi connectivity index (χ4n) is 2.18. The van der Waals surface area contributed by atoms with Crippen LogP contribution in [0.5, 0.6) is 0 Å². The van der Waals surface area contributed by atoms with Crippen LogP contribution in [0.3, 0.4) is 0 Å². The zero-order chi connectivity index (χ0) is 15.8. The van der Waals surface area contributed by atoms with Crippen molar-refractivity contribution in [3.05, 3.63) is 33.1 Å². The first-order chi connectivity index (χ1) is 9.72. The molecule has 1 saturated heterocycles. The third-order valence-corrected chi connectivity index (χ3v) is 3.44. The van der Waals surface area contributed by atoms with Gasteiger partial charge in [0.05, 0.1) is 16.0 Å². The number of hydrogen-bond acceptors (Lipinski definition) is 5. The monoisotopic (exact) mass is 318 g/mol. The van der Waals surface area contributed by atoms with Crippen molar-refractivity contribution in [1.29, 1.82) is 0 Å². The highest BCUT2D eigenvalue weighted by atomic mass is 35.5. The van der Waals surface area contributed by atoms with Gasteiger partial charge in [-0.25, -0.2) is 9.18 Å². The fraction of sp³-hybridized carbons (Fsp3) is 0.417. The first-order valence-corrected chi connectivity index (χ1v) is 6.34. The molecule has 114 valence electrons. The van der Waals surface area contributed by atoms with Crippen molar-refractivity contribution in [2.75, 3.05) is 24.6 Å². The second-order valence-corrected chi connectivity index (χ2v) is 5.41. The van der Waals surface area contributed by atoms with Crippen LogP contribution in [0.1, 0.15) is 6.92 Å². The Kier molecular flexibility index (Phi) is 4.02. The van der Waals surface area contributed by atoms with E-state index < -0.39 is 34.6 Å². The van der Waals surface area contributed by atoms with Gasteiger partial charge in [-0.1, -0.05) is 11.6 Å². The maximum Gasteiger partial charge on any atom is 0.329 e. The lowest BCUT2D eigenvalue weighted by Gasteiger charge is -2.48. The normalized spacial score (nSPS) is 16.4. The maximum absolute atomic E-state index is 13.3. The Balaban J connectivity index is 2.16. The summed E-state index contributed by atoms with van der Waals surface area (Å²) in [5.74, 6) is -1.96. The predicted octanol–water partition coefficient (Wildman–Crippen LogP) is 2.07. The number of nitro benzene ring substituents is 1. The summed E-state index contributed by atoms with van der Waals surface area (Å²) in [6, 6.07) is 1.96. The lowest BCUT2D eigenvalue weighted by Crippen LogP contribution is -2.62. The third kappa shape index (κ3) is 3.22. The Hall–Kier alpha value is -1.93. The number of benzene rings is 1. The number of carboxylic acids is 1. The number of nitro groups is 1. The zero-order valence-corrected chi connectivity index (χ0v) is 11.8. The quantitative estimate of drug-likeness (QED) is 0.660. The molecule has 1 aromatic rings. The van der Waals surface area contributed by atoms with E-state index in [9.17, 15) is 19.3 Å². The largest absolute Gasteiger partial charge is 0.480 e. The number of aliphatic carboxylic acids is 1. The summed E-state index contributed by atoms with van der Waals surface area (Å²) in [6.45, 7) is 1.76. The lowest BCUT2D eigenvalue weighted by atomic mass is 9.95.